The first-order chi connectivity index (χ1) is 13.4. The third-order valence-corrected chi connectivity index (χ3v) is 5.24. The number of carboxylic acid groups (broad SMARTS) is 1. The minimum absolute atomic E-state index is 0.0457. The van der Waals surface area contributed by atoms with Crippen molar-refractivity contribution >= 4 is 51.9 Å². The third kappa shape index (κ3) is 3.58. The van der Waals surface area contributed by atoms with Crippen molar-refractivity contribution in [3.63, 3.8) is 0 Å². The van der Waals surface area contributed by atoms with E-state index in [0.29, 0.717) is 5.69 Å². The average molecular weight is 419 g/mol. The van der Waals surface area contributed by atoms with Gasteiger partial charge in [0.05, 0.1) is 24.8 Å². The van der Waals surface area contributed by atoms with Crippen molar-refractivity contribution in [2.75, 3.05) is 19.1 Å². The van der Waals surface area contributed by atoms with Gasteiger partial charge < -0.3 is 14.6 Å². The Balaban J connectivity index is 2.06. The van der Waals surface area contributed by atoms with Gasteiger partial charge in [-0.05, 0) is 35.9 Å². The van der Waals surface area contributed by atoms with Gasteiger partial charge in [-0.2, -0.15) is 0 Å². The number of methoxy groups -OCH3 is 2. The van der Waals surface area contributed by atoms with E-state index in [1.54, 1.807) is 12.1 Å². The van der Waals surface area contributed by atoms with Crippen LogP contribution in [0.15, 0.2) is 41.3 Å². The number of hydrogen-bond donors (Lipinski definition) is 1. The summed E-state index contributed by atoms with van der Waals surface area (Å²) in [7, 11) is 2.73. The van der Waals surface area contributed by atoms with Crippen LogP contribution in [-0.4, -0.2) is 35.5 Å². The molecular formula is C19H14FNO5S2. The van der Waals surface area contributed by atoms with E-state index < -0.39 is 17.7 Å². The summed E-state index contributed by atoms with van der Waals surface area (Å²) >= 11 is 6.26. The number of benzene rings is 2. The standard InChI is InChI=1S/C19H14FNO5S2/c1-25-13-7-6-10(15(18(23)24)16(13)26-2)8-14-17(22)21(19(27)28-14)12-5-3-4-11(20)9-12/h3-9H,1-2H3,(H,23,24)/b14-8+. The Labute approximate surface area is 169 Å². The molecule has 3 rings (SSSR count). The molecule has 0 aliphatic carbocycles. The molecule has 1 saturated heterocycles. The zero-order valence-corrected chi connectivity index (χ0v) is 16.4. The van der Waals surface area contributed by atoms with E-state index in [-0.39, 0.29) is 31.9 Å². The highest BCUT2D eigenvalue weighted by atomic mass is 32.2. The zero-order chi connectivity index (χ0) is 20.4. The minimum Gasteiger partial charge on any atom is -0.493 e. The molecule has 0 atom stereocenters. The van der Waals surface area contributed by atoms with Crippen molar-refractivity contribution < 1.29 is 28.6 Å². The maximum atomic E-state index is 13.5. The van der Waals surface area contributed by atoms with E-state index in [0.717, 1.165) is 11.8 Å². The van der Waals surface area contributed by atoms with Crippen molar-refractivity contribution in [1.82, 2.24) is 0 Å². The number of nitrogens with zero attached hydrogens (tertiary/aromatic N) is 1. The van der Waals surface area contributed by atoms with Crippen molar-refractivity contribution in [3.05, 3.63) is 58.2 Å². The summed E-state index contributed by atoms with van der Waals surface area (Å²) in [6, 6.07) is 8.57. The number of thiocarbonyl (C=S) groups is 1. The number of ether oxygens (including phenoxy) is 2. The first-order valence-corrected chi connectivity index (χ1v) is 9.11. The molecule has 1 aliphatic heterocycles. The average Bonchev–Trinajstić information content (AvgIpc) is 2.94. The Kier molecular flexibility index (Phi) is 5.66. The van der Waals surface area contributed by atoms with E-state index in [4.69, 9.17) is 21.7 Å². The summed E-state index contributed by atoms with van der Waals surface area (Å²) in [4.78, 5) is 26.0. The van der Waals surface area contributed by atoms with Crippen molar-refractivity contribution in [3.8, 4) is 11.5 Å². The van der Waals surface area contributed by atoms with Crippen LogP contribution in [0.2, 0.25) is 0 Å². The SMILES string of the molecule is COc1ccc(/C=C2/SC(=S)N(c3cccc(F)c3)C2=O)c(C(=O)O)c1OC. The van der Waals surface area contributed by atoms with Crippen LogP contribution in [0.25, 0.3) is 6.08 Å². The predicted molar refractivity (Wildman–Crippen MR) is 109 cm³/mol. The molecule has 0 radical (unpaired) electrons. The molecule has 0 unspecified atom stereocenters. The Bertz CT molecular complexity index is 1020. The Morgan fingerprint density at radius 1 is 1.25 bits per heavy atom. The van der Waals surface area contributed by atoms with Crippen LogP contribution >= 0.6 is 24.0 Å². The van der Waals surface area contributed by atoms with E-state index in [1.807, 2.05) is 0 Å². The maximum Gasteiger partial charge on any atom is 0.340 e. The normalized spacial score (nSPS) is 15.2. The molecule has 1 heterocycles. The smallest absolute Gasteiger partial charge is 0.340 e. The molecular weight excluding hydrogens is 405 g/mol. The van der Waals surface area contributed by atoms with Crippen LogP contribution < -0.4 is 14.4 Å². The van der Waals surface area contributed by atoms with E-state index in [9.17, 15) is 19.1 Å². The molecule has 1 fully saturated rings. The first kappa shape index (κ1) is 19.8. The summed E-state index contributed by atoms with van der Waals surface area (Å²) in [5.74, 6) is -1.90. The van der Waals surface area contributed by atoms with Gasteiger partial charge in [-0.3, -0.25) is 9.69 Å². The second-order valence-corrected chi connectivity index (χ2v) is 7.24. The van der Waals surface area contributed by atoms with E-state index in [2.05, 4.69) is 0 Å². The molecule has 0 spiro atoms. The number of thioether (sulfide) groups is 1. The Morgan fingerprint density at radius 2 is 2.00 bits per heavy atom. The molecule has 0 bridgehead atoms. The predicted octanol–water partition coefficient (Wildman–Crippen LogP) is 3.95. The molecule has 28 heavy (non-hydrogen) atoms. The van der Waals surface area contributed by atoms with Gasteiger partial charge in [0, 0.05) is 0 Å². The lowest BCUT2D eigenvalue weighted by molar-refractivity contribution is -0.113. The third-order valence-electron chi connectivity index (χ3n) is 3.94. The fourth-order valence-electron chi connectivity index (χ4n) is 2.73. The van der Waals surface area contributed by atoms with Gasteiger partial charge in [-0.15, -0.1) is 0 Å². The second kappa shape index (κ2) is 7.99. The zero-order valence-electron chi connectivity index (χ0n) is 14.8. The number of halogens is 1. The van der Waals surface area contributed by atoms with Crippen LogP contribution in [0.5, 0.6) is 11.5 Å². The van der Waals surface area contributed by atoms with E-state index in [1.165, 1.54) is 49.5 Å². The molecule has 1 aliphatic rings. The highest BCUT2D eigenvalue weighted by molar-refractivity contribution is 8.27. The fourth-order valence-corrected chi connectivity index (χ4v) is 4.02. The summed E-state index contributed by atoms with van der Waals surface area (Å²) < 4.78 is 24.1. The van der Waals surface area contributed by atoms with Gasteiger partial charge in [-0.25, -0.2) is 9.18 Å². The van der Waals surface area contributed by atoms with Gasteiger partial charge in [0.1, 0.15) is 11.4 Å². The fraction of sp³-hybridized carbons (Fsp3) is 0.105. The first-order valence-electron chi connectivity index (χ1n) is 7.89. The number of rotatable bonds is 5. The van der Waals surface area contributed by atoms with Crippen molar-refractivity contribution in [2.45, 2.75) is 0 Å². The van der Waals surface area contributed by atoms with Gasteiger partial charge >= 0.3 is 5.97 Å². The lowest BCUT2D eigenvalue weighted by atomic mass is 10.0. The monoisotopic (exact) mass is 419 g/mol. The number of aromatic carboxylic acids is 1. The lowest BCUT2D eigenvalue weighted by Crippen LogP contribution is -2.27. The van der Waals surface area contributed by atoms with Gasteiger partial charge in [0.25, 0.3) is 5.91 Å². The molecule has 2 aromatic carbocycles. The van der Waals surface area contributed by atoms with Crippen molar-refractivity contribution in [2.24, 2.45) is 0 Å². The Hall–Kier alpha value is -2.91. The van der Waals surface area contributed by atoms with Crippen LogP contribution in [0, 0.1) is 5.82 Å². The summed E-state index contributed by atoms with van der Waals surface area (Å²) in [6.45, 7) is 0. The summed E-state index contributed by atoms with van der Waals surface area (Å²) in [5, 5.41) is 9.62. The molecule has 0 saturated carbocycles. The quantitative estimate of drug-likeness (QED) is 0.581. The number of carbonyl (C=O) groups is 2. The Morgan fingerprint density at radius 3 is 2.61 bits per heavy atom. The van der Waals surface area contributed by atoms with Gasteiger partial charge in [0.15, 0.2) is 15.8 Å². The maximum absolute atomic E-state index is 13.5. The summed E-state index contributed by atoms with van der Waals surface area (Å²) in [5.41, 5.74) is 0.416. The largest absolute Gasteiger partial charge is 0.493 e. The molecule has 2 aromatic rings. The lowest BCUT2D eigenvalue weighted by Gasteiger charge is -2.14. The van der Waals surface area contributed by atoms with Gasteiger partial charge in [0.2, 0.25) is 0 Å². The van der Waals surface area contributed by atoms with Crippen LogP contribution in [0.3, 0.4) is 0 Å². The molecule has 1 N–H and O–H groups in total. The summed E-state index contributed by atoms with van der Waals surface area (Å²) in [6.07, 6.45) is 1.42. The highest BCUT2D eigenvalue weighted by Crippen LogP contribution is 2.39. The van der Waals surface area contributed by atoms with Crippen LogP contribution in [0.4, 0.5) is 10.1 Å². The molecule has 0 aromatic heterocycles. The molecule has 9 heteroatoms. The highest BCUT2D eigenvalue weighted by Gasteiger charge is 2.34. The number of amides is 1. The molecule has 144 valence electrons. The second-order valence-electron chi connectivity index (χ2n) is 5.57. The topological polar surface area (TPSA) is 76.1 Å². The molecule has 6 nitrogen and oxygen atoms in total. The number of hydrogen-bond acceptors (Lipinski definition) is 6. The van der Waals surface area contributed by atoms with Crippen molar-refractivity contribution in [1.29, 1.82) is 0 Å². The van der Waals surface area contributed by atoms with Crippen LogP contribution in [0.1, 0.15) is 15.9 Å². The number of anilines is 1. The van der Waals surface area contributed by atoms with Gasteiger partial charge in [-0.1, -0.05) is 36.1 Å². The van der Waals surface area contributed by atoms with E-state index >= 15 is 0 Å². The number of carboxylic acids is 1. The van der Waals surface area contributed by atoms with Crippen LogP contribution in [-0.2, 0) is 4.79 Å². The number of carbonyl (C=O) groups excluding carboxylic acids is 1. The minimum atomic E-state index is -1.23. The molecule has 1 amide bonds.